The van der Waals surface area contributed by atoms with Gasteiger partial charge < -0.3 is 14.8 Å². The third-order valence-electron chi connectivity index (χ3n) is 2.98. The van der Waals surface area contributed by atoms with E-state index in [0.717, 1.165) is 12.8 Å². The molecule has 6 heteroatoms. The first-order chi connectivity index (χ1) is 8.81. The molecule has 1 rings (SSSR count). The summed E-state index contributed by atoms with van der Waals surface area (Å²) in [6.45, 7) is 5.48. The highest BCUT2D eigenvalue weighted by atomic mass is 35.5. The van der Waals surface area contributed by atoms with Crippen molar-refractivity contribution < 1.29 is 19.1 Å². The van der Waals surface area contributed by atoms with Gasteiger partial charge in [0.05, 0.1) is 5.92 Å². The molecule has 0 spiro atoms. The zero-order chi connectivity index (χ0) is 14.5. The monoisotopic (exact) mass is 291 g/mol. The third kappa shape index (κ3) is 6.14. The smallest absolute Gasteiger partial charge is 0.407 e. The fourth-order valence-electron chi connectivity index (χ4n) is 2.12. The minimum absolute atomic E-state index is 0.0647. The fraction of sp³-hybridized carbons (Fsp3) is 0.846. The van der Waals surface area contributed by atoms with E-state index in [-0.39, 0.29) is 24.0 Å². The maximum absolute atomic E-state index is 11.6. The minimum Gasteiger partial charge on any atom is -0.449 e. The van der Waals surface area contributed by atoms with Crippen LogP contribution in [0.5, 0.6) is 0 Å². The highest BCUT2D eigenvalue weighted by molar-refractivity contribution is 6.17. The second-order valence-electron chi connectivity index (χ2n) is 5.77. The highest BCUT2D eigenvalue weighted by Gasteiger charge is 2.29. The van der Waals surface area contributed by atoms with Gasteiger partial charge in [-0.15, -0.1) is 0 Å². The first-order valence-electron chi connectivity index (χ1n) is 6.54. The van der Waals surface area contributed by atoms with Crippen LogP contribution in [-0.4, -0.2) is 29.8 Å². The van der Waals surface area contributed by atoms with Crippen molar-refractivity contribution in [2.45, 2.75) is 58.1 Å². The number of nitrogens with one attached hydrogen (secondary N) is 1. The standard InChI is InChI=1S/C13H22ClNO4/c1-13(2,3)19-12(17)15-10-6-4-9(5-7-10)11(16)18-8-14/h9-10H,4-8H2,1-3H3,(H,15,17). The number of hydrogen-bond acceptors (Lipinski definition) is 4. The van der Waals surface area contributed by atoms with E-state index in [0.29, 0.717) is 12.8 Å². The summed E-state index contributed by atoms with van der Waals surface area (Å²) in [7, 11) is 0. The summed E-state index contributed by atoms with van der Waals surface area (Å²) in [5.41, 5.74) is -0.495. The molecule has 0 bridgehead atoms. The Morgan fingerprint density at radius 2 is 1.79 bits per heavy atom. The van der Waals surface area contributed by atoms with Gasteiger partial charge in [0.15, 0.2) is 6.07 Å². The molecule has 1 N–H and O–H groups in total. The van der Waals surface area contributed by atoms with Gasteiger partial charge in [-0.3, -0.25) is 4.79 Å². The van der Waals surface area contributed by atoms with Crippen LogP contribution < -0.4 is 5.32 Å². The van der Waals surface area contributed by atoms with E-state index in [4.69, 9.17) is 21.1 Å². The van der Waals surface area contributed by atoms with Crippen LogP contribution in [0.1, 0.15) is 46.5 Å². The van der Waals surface area contributed by atoms with E-state index in [1.807, 2.05) is 20.8 Å². The Labute approximate surface area is 119 Å². The lowest BCUT2D eigenvalue weighted by atomic mass is 9.86. The number of rotatable bonds is 3. The van der Waals surface area contributed by atoms with Crippen LogP contribution in [0.25, 0.3) is 0 Å². The van der Waals surface area contributed by atoms with Crippen LogP contribution in [0.3, 0.4) is 0 Å². The lowest BCUT2D eigenvalue weighted by molar-refractivity contribution is -0.147. The van der Waals surface area contributed by atoms with Gasteiger partial charge in [0.1, 0.15) is 5.60 Å². The van der Waals surface area contributed by atoms with Crippen molar-refractivity contribution >= 4 is 23.7 Å². The predicted octanol–water partition coefficient (Wildman–Crippen LogP) is 2.81. The lowest BCUT2D eigenvalue weighted by Gasteiger charge is -2.28. The van der Waals surface area contributed by atoms with Gasteiger partial charge in [0.25, 0.3) is 0 Å². The second-order valence-corrected chi connectivity index (χ2v) is 5.99. The van der Waals surface area contributed by atoms with Crippen LogP contribution in [0, 0.1) is 5.92 Å². The van der Waals surface area contributed by atoms with Crippen molar-refractivity contribution in [3.63, 3.8) is 0 Å². The normalized spacial score (nSPS) is 23.6. The summed E-state index contributed by atoms with van der Waals surface area (Å²) in [6, 6.07) is -0.0375. The molecular formula is C13H22ClNO4. The summed E-state index contributed by atoms with van der Waals surface area (Å²) in [6.07, 6.45) is 2.51. The predicted molar refractivity (Wildman–Crippen MR) is 71.9 cm³/mol. The Morgan fingerprint density at radius 3 is 2.26 bits per heavy atom. The molecule has 19 heavy (non-hydrogen) atoms. The first kappa shape index (κ1) is 16.1. The van der Waals surface area contributed by atoms with Gasteiger partial charge in [-0.05, 0) is 46.5 Å². The molecule has 1 fully saturated rings. The highest BCUT2D eigenvalue weighted by Crippen LogP contribution is 2.25. The molecule has 0 radical (unpaired) electrons. The van der Waals surface area contributed by atoms with Crippen LogP contribution in [0.4, 0.5) is 4.79 Å². The van der Waals surface area contributed by atoms with Crippen molar-refractivity contribution in [1.29, 1.82) is 0 Å². The molecule has 110 valence electrons. The van der Waals surface area contributed by atoms with E-state index < -0.39 is 11.7 Å². The quantitative estimate of drug-likeness (QED) is 0.641. The lowest BCUT2D eigenvalue weighted by Crippen LogP contribution is -2.41. The van der Waals surface area contributed by atoms with E-state index in [2.05, 4.69) is 5.32 Å². The Hall–Kier alpha value is -0.970. The summed E-state index contributed by atoms with van der Waals surface area (Å²) >= 11 is 5.36. The van der Waals surface area contributed by atoms with Crippen LogP contribution in [0.15, 0.2) is 0 Å². The maximum atomic E-state index is 11.6. The molecule has 0 heterocycles. The Morgan fingerprint density at radius 1 is 1.21 bits per heavy atom. The number of esters is 1. The molecule has 0 aromatic heterocycles. The average molecular weight is 292 g/mol. The third-order valence-corrected chi connectivity index (χ3v) is 3.09. The number of amides is 1. The molecule has 1 amide bonds. The number of halogens is 1. The molecule has 0 aromatic carbocycles. The van der Waals surface area contributed by atoms with E-state index in [1.165, 1.54) is 0 Å². The summed E-state index contributed by atoms with van der Waals surface area (Å²) in [4.78, 5) is 23.1. The van der Waals surface area contributed by atoms with Crippen molar-refractivity contribution in [3.8, 4) is 0 Å². The van der Waals surface area contributed by atoms with Crippen LogP contribution >= 0.6 is 11.6 Å². The molecule has 1 saturated carbocycles. The molecular weight excluding hydrogens is 270 g/mol. The van der Waals surface area contributed by atoms with Gasteiger partial charge in [-0.25, -0.2) is 4.79 Å². The van der Waals surface area contributed by atoms with Crippen molar-refractivity contribution in [1.82, 2.24) is 5.32 Å². The fourth-order valence-corrected chi connectivity index (χ4v) is 2.23. The van der Waals surface area contributed by atoms with Crippen molar-refractivity contribution in [2.75, 3.05) is 6.07 Å². The molecule has 1 aliphatic rings. The van der Waals surface area contributed by atoms with Crippen LogP contribution in [-0.2, 0) is 14.3 Å². The minimum atomic E-state index is -0.495. The molecule has 0 aromatic rings. The van der Waals surface area contributed by atoms with Gasteiger partial charge in [-0.1, -0.05) is 11.6 Å². The van der Waals surface area contributed by atoms with E-state index in [9.17, 15) is 9.59 Å². The second kappa shape index (κ2) is 6.98. The summed E-state index contributed by atoms with van der Waals surface area (Å²) < 4.78 is 9.97. The summed E-state index contributed by atoms with van der Waals surface area (Å²) in [5, 5.41) is 2.83. The molecule has 0 atom stereocenters. The number of ether oxygens (including phenoxy) is 2. The van der Waals surface area contributed by atoms with E-state index in [1.54, 1.807) is 0 Å². The Bertz CT molecular complexity index is 319. The zero-order valence-electron chi connectivity index (χ0n) is 11.7. The Kier molecular flexibility index (Phi) is 5.91. The Balaban J connectivity index is 2.30. The van der Waals surface area contributed by atoms with E-state index >= 15 is 0 Å². The van der Waals surface area contributed by atoms with Gasteiger partial charge in [0.2, 0.25) is 0 Å². The van der Waals surface area contributed by atoms with Gasteiger partial charge in [0, 0.05) is 6.04 Å². The van der Waals surface area contributed by atoms with Crippen LogP contribution in [0.2, 0.25) is 0 Å². The topological polar surface area (TPSA) is 64.6 Å². The zero-order valence-corrected chi connectivity index (χ0v) is 12.5. The summed E-state index contributed by atoms with van der Waals surface area (Å²) in [5.74, 6) is -0.346. The average Bonchev–Trinajstić information content (AvgIpc) is 2.27. The molecule has 0 saturated heterocycles. The van der Waals surface area contributed by atoms with Crippen molar-refractivity contribution in [3.05, 3.63) is 0 Å². The number of alkyl halides is 1. The number of hydrogen-bond donors (Lipinski definition) is 1. The molecule has 0 aliphatic heterocycles. The number of alkyl carbamates (subject to hydrolysis) is 1. The molecule has 0 unspecified atom stereocenters. The van der Waals surface area contributed by atoms with Gasteiger partial charge in [-0.2, -0.15) is 0 Å². The molecule has 5 nitrogen and oxygen atoms in total. The first-order valence-corrected chi connectivity index (χ1v) is 7.07. The number of carbonyl (C=O) groups is 2. The number of carbonyl (C=O) groups excluding carboxylic acids is 2. The van der Waals surface area contributed by atoms with Gasteiger partial charge >= 0.3 is 12.1 Å². The maximum Gasteiger partial charge on any atom is 0.407 e. The largest absolute Gasteiger partial charge is 0.449 e. The SMILES string of the molecule is CC(C)(C)OC(=O)NC1CCC(C(=O)OCCl)CC1. The molecule has 1 aliphatic carbocycles. The van der Waals surface area contributed by atoms with Crippen molar-refractivity contribution in [2.24, 2.45) is 5.92 Å².